The molecule has 1 fully saturated rings. The minimum Gasteiger partial charge on any atom is -0.303 e. The Morgan fingerprint density at radius 3 is 2.75 bits per heavy atom. The molecule has 1 saturated heterocycles. The van der Waals surface area contributed by atoms with Crippen molar-refractivity contribution in [2.75, 3.05) is 0 Å². The van der Waals surface area contributed by atoms with Crippen molar-refractivity contribution < 1.29 is 9.59 Å². The van der Waals surface area contributed by atoms with Crippen LogP contribution in [-0.4, -0.2) is 18.0 Å². The fourth-order valence-corrected chi connectivity index (χ4v) is 1.83. The molecule has 6 nitrogen and oxygen atoms in total. The summed E-state index contributed by atoms with van der Waals surface area (Å²) in [6, 6.07) is 9.45. The molecule has 6 heteroatoms. The van der Waals surface area contributed by atoms with Crippen LogP contribution in [0.15, 0.2) is 47.7 Å². The van der Waals surface area contributed by atoms with Crippen LogP contribution in [0.3, 0.4) is 0 Å². The third-order valence-corrected chi connectivity index (χ3v) is 2.95. The van der Waals surface area contributed by atoms with Crippen molar-refractivity contribution in [2.45, 2.75) is 12.8 Å². The summed E-state index contributed by atoms with van der Waals surface area (Å²) in [5, 5.41) is 3.86. The highest BCUT2D eigenvalue weighted by Gasteiger charge is 2.27. The Balaban J connectivity index is 1.74. The molecule has 1 aromatic carbocycles. The van der Waals surface area contributed by atoms with E-state index in [2.05, 4.69) is 28.0 Å². The van der Waals surface area contributed by atoms with Gasteiger partial charge in [0.2, 0.25) is 11.8 Å². The minimum absolute atomic E-state index is 0.157. The van der Waals surface area contributed by atoms with Gasteiger partial charge in [-0.1, -0.05) is 36.9 Å². The second kappa shape index (κ2) is 6.51. The van der Waals surface area contributed by atoms with E-state index >= 15 is 0 Å². The summed E-state index contributed by atoms with van der Waals surface area (Å²) < 4.78 is 0. The molecule has 1 atom stereocenters. The Morgan fingerprint density at radius 2 is 2.10 bits per heavy atom. The van der Waals surface area contributed by atoms with Gasteiger partial charge in [-0.15, -0.1) is 0 Å². The zero-order valence-corrected chi connectivity index (χ0v) is 10.9. The predicted molar refractivity (Wildman–Crippen MR) is 75.3 cm³/mol. The van der Waals surface area contributed by atoms with E-state index in [1.165, 1.54) is 0 Å². The van der Waals surface area contributed by atoms with E-state index in [4.69, 9.17) is 0 Å². The van der Waals surface area contributed by atoms with Crippen molar-refractivity contribution >= 4 is 18.0 Å². The molecule has 0 bridgehead atoms. The molecular formula is C14H16N4O2. The third kappa shape index (κ3) is 3.68. The normalized spacial score (nSPS) is 17.9. The Labute approximate surface area is 116 Å². The lowest BCUT2D eigenvalue weighted by Crippen LogP contribution is -2.26. The summed E-state index contributed by atoms with van der Waals surface area (Å²) in [7, 11) is 0. The van der Waals surface area contributed by atoms with Crippen LogP contribution in [-0.2, 0) is 9.59 Å². The number of carbonyl (C=O) groups excluding carboxylic acids is 2. The van der Waals surface area contributed by atoms with Crippen LogP contribution < -0.4 is 16.3 Å². The van der Waals surface area contributed by atoms with Gasteiger partial charge in [-0.2, -0.15) is 5.10 Å². The zero-order valence-electron chi connectivity index (χ0n) is 10.9. The van der Waals surface area contributed by atoms with Crippen LogP contribution in [0.1, 0.15) is 18.4 Å². The number of amides is 2. The highest BCUT2D eigenvalue weighted by atomic mass is 16.2. The number of hydrogen-bond donors (Lipinski definition) is 3. The van der Waals surface area contributed by atoms with Crippen molar-refractivity contribution in [1.82, 2.24) is 16.3 Å². The van der Waals surface area contributed by atoms with E-state index in [9.17, 15) is 9.59 Å². The molecule has 1 heterocycles. The molecule has 3 N–H and O–H groups in total. The Morgan fingerprint density at radius 1 is 1.35 bits per heavy atom. The molecule has 0 spiro atoms. The van der Waals surface area contributed by atoms with Crippen LogP contribution in [0.25, 0.3) is 0 Å². The van der Waals surface area contributed by atoms with Crippen LogP contribution in [0.2, 0.25) is 0 Å². The average molecular weight is 272 g/mol. The lowest BCUT2D eigenvalue weighted by atomic mass is 10.0. The van der Waals surface area contributed by atoms with Gasteiger partial charge < -0.3 is 5.43 Å². The number of nitrogens with zero attached hydrogens (tertiary/aromatic N) is 1. The summed E-state index contributed by atoms with van der Waals surface area (Å²) in [6.45, 7) is 3.71. The molecule has 2 amide bonds. The molecule has 20 heavy (non-hydrogen) atoms. The summed E-state index contributed by atoms with van der Waals surface area (Å²) in [5.74, 6) is -0.751. The maximum atomic E-state index is 11.6. The summed E-state index contributed by atoms with van der Waals surface area (Å²) >= 11 is 0. The number of carbonyl (C=O) groups is 2. The largest absolute Gasteiger partial charge is 0.303 e. The van der Waals surface area contributed by atoms with E-state index in [1.807, 2.05) is 30.3 Å². The van der Waals surface area contributed by atoms with Gasteiger partial charge >= 0.3 is 0 Å². The number of nitrogens with one attached hydrogen (secondary N) is 3. The summed E-state index contributed by atoms with van der Waals surface area (Å²) in [5.41, 5.74) is 9.04. The van der Waals surface area contributed by atoms with Crippen molar-refractivity contribution in [3.63, 3.8) is 0 Å². The van der Waals surface area contributed by atoms with E-state index in [0.29, 0.717) is 12.1 Å². The maximum Gasteiger partial charge on any atom is 0.247 e. The molecule has 0 radical (unpaired) electrons. The number of rotatable bonds is 5. The van der Waals surface area contributed by atoms with Crippen LogP contribution in [0.4, 0.5) is 0 Å². The minimum atomic E-state index is -0.362. The SMILES string of the molecule is C=C1NNC(=O)C1CCC(=O)NN=Cc1ccccc1. The highest BCUT2D eigenvalue weighted by molar-refractivity contribution is 5.85. The number of benzene rings is 1. The first kappa shape index (κ1) is 13.8. The topological polar surface area (TPSA) is 82.6 Å². The highest BCUT2D eigenvalue weighted by Crippen LogP contribution is 2.17. The first-order chi connectivity index (χ1) is 9.66. The molecule has 2 rings (SSSR count). The summed E-state index contributed by atoms with van der Waals surface area (Å²) in [6.07, 6.45) is 2.19. The molecule has 0 saturated carbocycles. The van der Waals surface area contributed by atoms with Gasteiger partial charge in [0.05, 0.1) is 12.1 Å². The number of hydrogen-bond acceptors (Lipinski definition) is 4. The van der Waals surface area contributed by atoms with Gasteiger partial charge in [0.15, 0.2) is 0 Å². The lowest BCUT2D eigenvalue weighted by molar-refractivity contribution is -0.123. The van der Waals surface area contributed by atoms with Gasteiger partial charge in [0.25, 0.3) is 0 Å². The second-order valence-corrected chi connectivity index (χ2v) is 4.43. The van der Waals surface area contributed by atoms with E-state index in [-0.39, 0.29) is 24.2 Å². The smallest absolute Gasteiger partial charge is 0.247 e. The monoisotopic (exact) mass is 272 g/mol. The van der Waals surface area contributed by atoms with Crippen LogP contribution >= 0.6 is 0 Å². The van der Waals surface area contributed by atoms with Gasteiger partial charge in [0.1, 0.15) is 0 Å². The molecule has 104 valence electrons. The average Bonchev–Trinajstić information content (AvgIpc) is 2.77. The standard InChI is InChI=1S/C14H16N4O2/c1-10-12(14(20)18-16-10)7-8-13(19)17-15-9-11-5-3-2-4-6-11/h2-6,9,12,16H,1,7-8H2,(H,17,19)(H,18,20). The van der Waals surface area contributed by atoms with Crippen molar-refractivity contribution in [3.8, 4) is 0 Å². The van der Waals surface area contributed by atoms with Crippen molar-refractivity contribution in [1.29, 1.82) is 0 Å². The Hall–Kier alpha value is -2.63. The summed E-state index contributed by atoms with van der Waals surface area (Å²) in [4.78, 5) is 23.0. The lowest BCUT2D eigenvalue weighted by Gasteiger charge is -2.05. The quantitative estimate of drug-likeness (QED) is 0.544. The first-order valence-corrected chi connectivity index (χ1v) is 6.28. The number of hydrazine groups is 1. The molecule has 1 aliphatic rings. The zero-order chi connectivity index (χ0) is 14.4. The molecular weight excluding hydrogens is 256 g/mol. The first-order valence-electron chi connectivity index (χ1n) is 6.28. The van der Waals surface area contributed by atoms with E-state index in [0.717, 1.165) is 5.56 Å². The molecule has 1 unspecified atom stereocenters. The molecule has 1 aromatic rings. The number of hydrazone groups is 1. The van der Waals surface area contributed by atoms with Crippen molar-refractivity contribution in [2.24, 2.45) is 11.0 Å². The fourth-order valence-electron chi connectivity index (χ4n) is 1.83. The molecule has 0 aromatic heterocycles. The Bertz CT molecular complexity index is 523. The molecule has 0 aliphatic carbocycles. The Kier molecular flexibility index (Phi) is 4.49. The third-order valence-electron chi connectivity index (χ3n) is 2.95. The predicted octanol–water partition coefficient (Wildman–Crippen LogP) is 0.681. The van der Waals surface area contributed by atoms with E-state index in [1.54, 1.807) is 6.21 Å². The van der Waals surface area contributed by atoms with E-state index < -0.39 is 0 Å². The molecule has 1 aliphatic heterocycles. The van der Waals surface area contributed by atoms with Gasteiger partial charge in [-0.05, 0) is 12.0 Å². The maximum absolute atomic E-state index is 11.6. The van der Waals surface area contributed by atoms with Gasteiger partial charge in [0, 0.05) is 12.1 Å². The van der Waals surface area contributed by atoms with Crippen LogP contribution in [0.5, 0.6) is 0 Å². The van der Waals surface area contributed by atoms with Gasteiger partial charge in [-0.25, -0.2) is 5.43 Å². The second-order valence-electron chi connectivity index (χ2n) is 4.43. The van der Waals surface area contributed by atoms with Crippen LogP contribution in [0, 0.1) is 5.92 Å². The van der Waals surface area contributed by atoms with Gasteiger partial charge in [-0.3, -0.25) is 15.0 Å². The van der Waals surface area contributed by atoms with Crippen molar-refractivity contribution in [3.05, 3.63) is 48.2 Å². The fraction of sp³-hybridized carbons (Fsp3) is 0.214.